The molecule has 0 aliphatic carbocycles. The second-order valence-electron chi connectivity index (χ2n) is 12.1. The summed E-state index contributed by atoms with van der Waals surface area (Å²) in [5.41, 5.74) is 2.25. The Labute approximate surface area is 277 Å². The Balaban J connectivity index is 1.84. The summed E-state index contributed by atoms with van der Waals surface area (Å²) in [7, 11) is -2.79. The summed E-state index contributed by atoms with van der Waals surface area (Å²) in [5, 5.41) is 3.22. The SMILES string of the molecule is COc1ccc(N(CC(=O)N(Cc2cccc(C)c2)[C@H](Cc2ccccc2)C(=O)NC(C)(C)C)S(=O)(=O)c2ccccc2)cc1Cl. The number of hydrogen-bond acceptors (Lipinski definition) is 5. The van der Waals surface area contributed by atoms with E-state index in [1.54, 1.807) is 24.3 Å². The molecule has 0 fully saturated rings. The summed E-state index contributed by atoms with van der Waals surface area (Å²) in [4.78, 5) is 30.1. The van der Waals surface area contributed by atoms with Gasteiger partial charge in [0, 0.05) is 18.5 Å². The Hall–Kier alpha value is -4.34. The van der Waals surface area contributed by atoms with Gasteiger partial charge in [-0.25, -0.2) is 8.42 Å². The lowest BCUT2D eigenvalue weighted by Gasteiger charge is -2.35. The Morgan fingerprint density at radius 3 is 2.09 bits per heavy atom. The largest absolute Gasteiger partial charge is 0.495 e. The van der Waals surface area contributed by atoms with E-state index < -0.39 is 34.1 Å². The van der Waals surface area contributed by atoms with Crippen LogP contribution in [-0.4, -0.2) is 50.4 Å². The van der Waals surface area contributed by atoms with E-state index in [1.807, 2.05) is 82.3 Å². The first-order chi connectivity index (χ1) is 21.8. The number of nitrogens with one attached hydrogen (secondary N) is 1. The van der Waals surface area contributed by atoms with Crippen molar-refractivity contribution in [2.24, 2.45) is 0 Å². The van der Waals surface area contributed by atoms with Crippen molar-refractivity contribution in [2.75, 3.05) is 18.0 Å². The number of halogens is 1. The van der Waals surface area contributed by atoms with E-state index in [0.29, 0.717) is 5.75 Å². The van der Waals surface area contributed by atoms with Gasteiger partial charge in [-0.1, -0.05) is 90.0 Å². The van der Waals surface area contributed by atoms with Crippen molar-refractivity contribution in [3.8, 4) is 5.75 Å². The van der Waals surface area contributed by atoms with Crippen LogP contribution in [0.5, 0.6) is 5.75 Å². The molecule has 2 amide bonds. The molecule has 8 nitrogen and oxygen atoms in total. The minimum atomic E-state index is -4.25. The lowest BCUT2D eigenvalue weighted by Crippen LogP contribution is -2.56. The zero-order valence-electron chi connectivity index (χ0n) is 26.7. The number of methoxy groups -OCH3 is 1. The third kappa shape index (κ3) is 8.89. The molecular formula is C36H40ClN3O5S. The lowest BCUT2D eigenvalue weighted by molar-refractivity contribution is -0.140. The fourth-order valence-corrected chi connectivity index (χ4v) is 6.75. The van der Waals surface area contributed by atoms with Crippen molar-refractivity contribution in [3.05, 3.63) is 125 Å². The molecule has 4 rings (SSSR count). The van der Waals surface area contributed by atoms with E-state index in [4.69, 9.17) is 16.3 Å². The quantitative estimate of drug-likeness (QED) is 0.189. The molecule has 4 aromatic rings. The highest BCUT2D eigenvalue weighted by atomic mass is 35.5. The highest BCUT2D eigenvalue weighted by Crippen LogP contribution is 2.32. The van der Waals surface area contributed by atoms with Gasteiger partial charge in [-0.3, -0.25) is 13.9 Å². The first-order valence-corrected chi connectivity index (χ1v) is 16.7. The smallest absolute Gasteiger partial charge is 0.264 e. The number of hydrogen-bond donors (Lipinski definition) is 1. The third-order valence-corrected chi connectivity index (χ3v) is 9.32. The molecule has 0 saturated heterocycles. The molecule has 0 spiro atoms. The number of anilines is 1. The molecule has 0 radical (unpaired) electrons. The summed E-state index contributed by atoms with van der Waals surface area (Å²) in [5.74, 6) is -0.545. The second kappa shape index (κ2) is 14.8. The molecule has 0 heterocycles. The van der Waals surface area contributed by atoms with Gasteiger partial charge in [0.15, 0.2) is 0 Å². The predicted molar refractivity (Wildman–Crippen MR) is 183 cm³/mol. The van der Waals surface area contributed by atoms with E-state index in [9.17, 15) is 18.0 Å². The van der Waals surface area contributed by atoms with Gasteiger partial charge in [0.2, 0.25) is 11.8 Å². The van der Waals surface area contributed by atoms with Crippen molar-refractivity contribution in [2.45, 2.75) is 57.1 Å². The predicted octanol–water partition coefficient (Wildman–Crippen LogP) is 6.41. The number of ether oxygens (including phenoxy) is 1. The van der Waals surface area contributed by atoms with E-state index in [2.05, 4.69) is 5.32 Å². The zero-order chi connectivity index (χ0) is 33.5. The van der Waals surface area contributed by atoms with Crippen LogP contribution in [0.3, 0.4) is 0 Å². The summed E-state index contributed by atoms with van der Waals surface area (Å²) < 4.78 is 34.6. The van der Waals surface area contributed by atoms with Crippen LogP contribution >= 0.6 is 11.6 Å². The van der Waals surface area contributed by atoms with E-state index in [0.717, 1.165) is 21.0 Å². The van der Waals surface area contributed by atoms with Crippen molar-refractivity contribution in [1.82, 2.24) is 10.2 Å². The molecule has 0 aromatic heterocycles. The van der Waals surface area contributed by atoms with E-state index in [-0.39, 0.29) is 34.5 Å². The monoisotopic (exact) mass is 661 g/mol. The average molecular weight is 662 g/mol. The Morgan fingerprint density at radius 2 is 1.50 bits per heavy atom. The van der Waals surface area contributed by atoms with E-state index in [1.165, 1.54) is 36.3 Å². The topological polar surface area (TPSA) is 96.0 Å². The van der Waals surface area contributed by atoms with Crippen LogP contribution in [0.15, 0.2) is 108 Å². The van der Waals surface area contributed by atoms with Crippen molar-refractivity contribution < 1.29 is 22.7 Å². The number of aryl methyl sites for hydroxylation is 1. The fourth-order valence-electron chi connectivity index (χ4n) is 5.07. The van der Waals surface area contributed by atoms with Gasteiger partial charge in [-0.2, -0.15) is 0 Å². The molecule has 1 atom stereocenters. The van der Waals surface area contributed by atoms with Crippen LogP contribution in [0.2, 0.25) is 5.02 Å². The van der Waals surface area contributed by atoms with Crippen molar-refractivity contribution in [1.29, 1.82) is 0 Å². The molecule has 4 aromatic carbocycles. The number of rotatable bonds is 12. The van der Waals surface area contributed by atoms with Crippen LogP contribution < -0.4 is 14.4 Å². The lowest BCUT2D eigenvalue weighted by atomic mass is 10.0. The van der Waals surface area contributed by atoms with Crippen molar-refractivity contribution in [3.63, 3.8) is 0 Å². The zero-order valence-corrected chi connectivity index (χ0v) is 28.3. The second-order valence-corrected chi connectivity index (χ2v) is 14.4. The summed E-state index contributed by atoms with van der Waals surface area (Å²) in [6.45, 7) is 7.07. The van der Waals surface area contributed by atoms with Crippen LogP contribution in [0.4, 0.5) is 5.69 Å². The van der Waals surface area contributed by atoms with E-state index >= 15 is 0 Å². The van der Waals surface area contributed by atoms with Gasteiger partial charge in [0.25, 0.3) is 10.0 Å². The number of amides is 2. The van der Waals surface area contributed by atoms with Gasteiger partial charge in [-0.05, 0) is 69.2 Å². The number of carbonyl (C=O) groups excluding carboxylic acids is 2. The van der Waals surface area contributed by atoms with Crippen LogP contribution in [-0.2, 0) is 32.6 Å². The highest BCUT2D eigenvalue weighted by molar-refractivity contribution is 7.92. The maximum Gasteiger partial charge on any atom is 0.264 e. The first kappa shape index (κ1) is 34.5. The van der Waals surface area contributed by atoms with Crippen molar-refractivity contribution >= 4 is 39.1 Å². The third-order valence-electron chi connectivity index (χ3n) is 7.24. The Kier molecular flexibility index (Phi) is 11.1. The van der Waals surface area contributed by atoms with Gasteiger partial charge >= 0.3 is 0 Å². The molecule has 10 heteroatoms. The van der Waals surface area contributed by atoms with Gasteiger partial charge < -0.3 is 15.0 Å². The minimum Gasteiger partial charge on any atom is -0.495 e. The maximum atomic E-state index is 14.6. The molecule has 1 N–H and O–H groups in total. The highest BCUT2D eigenvalue weighted by Gasteiger charge is 2.35. The maximum absolute atomic E-state index is 14.6. The number of carbonyl (C=O) groups is 2. The van der Waals surface area contributed by atoms with Gasteiger partial charge in [-0.15, -0.1) is 0 Å². The molecular weight excluding hydrogens is 622 g/mol. The molecule has 242 valence electrons. The molecule has 0 unspecified atom stereocenters. The van der Waals surface area contributed by atoms with Gasteiger partial charge in [0.05, 0.1) is 22.7 Å². The molecule has 0 aliphatic heterocycles. The average Bonchev–Trinajstić information content (AvgIpc) is 3.01. The normalized spacial score (nSPS) is 12.2. The molecule has 0 bridgehead atoms. The van der Waals surface area contributed by atoms with Crippen LogP contribution in [0, 0.1) is 6.92 Å². The summed E-state index contributed by atoms with van der Waals surface area (Å²) >= 11 is 6.44. The standard InChI is InChI=1S/C36H40ClN3O5S/c1-26-13-12-16-28(21-26)24-39(32(35(42)38-36(2,3)4)22-27-14-8-6-9-15-27)34(41)25-40(29-19-20-33(45-5)31(37)23-29)46(43,44)30-17-10-7-11-18-30/h6-21,23,32H,22,24-25H2,1-5H3,(H,38,42)/t32-/m1/s1. The Bertz CT molecular complexity index is 1760. The molecule has 46 heavy (non-hydrogen) atoms. The number of sulfonamides is 1. The number of benzene rings is 4. The number of nitrogens with zero attached hydrogens (tertiary/aromatic N) is 2. The summed E-state index contributed by atoms with van der Waals surface area (Å²) in [6.07, 6.45) is 0.222. The minimum absolute atomic E-state index is 0.00582. The summed E-state index contributed by atoms with van der Waals surface area (Å²) in [6, 6.07) is 28.6. The van der Waals surface area contributed by atoms with Gasteiger partial charge in [0.1, 0.15) is 18.3 Å². The molecule has 0 saturated carbocycles. The van der Waals surface area contributed by atoms with Crippen LogP contribution in [0.1, 0.15) is 37.5 Å². The molecule has 0 aliphatic rings. The fraction of sp³-hybridized carbons (Fsp3) is 0.278. The first-order valence-electron chi connectivity index (χ1n) is 14.9. The Morgan fingerprint density at radius 1 is 0.870 bits per heavy atom. The van der Waals surface area contributed by atoms with Crippen LogP contribution in [0.25, 0.3) is 0 Å².